The van der Waals surface area contributed by atoms with Crippen LogP contribution in [0.3, 0.4) is 0 Å². The summed E-state index contributed by atoms with van der Waals surface area (Å²) in [5, 5.41) is 11.9. The molecule has 0 aromatic carbocycles. The average molecular weight is 159 g/mol. The summed E-state index contributed by atoms with van der Waals surface area (Å²) in [6.45, 7) is 7.87. The fourth-order valence-corrected chi connectivity index (χ4v) is 0.964. The van der Waals surface area contributed by atoms with Gasteiger partial charge in [-0.3, -0.25) is 0 Å². The third-order valence-corrected chi connectivity index (χ3v) is 2.30. The van der Waals surface area contributed by atoms with Crippen molar-refractivity contribution in [1.29, 1.82) is 0 Å². The average Bonchev–Trinajstić information content (AvgIpc) is 2.03. The molecule has 0 aliphatic rings. The maximum Gasteiger partial charge on any atom is 0.0443 e. The number of hydrogen-bond acceptors (Lipinski definition) is 2. The summed E-state index contributed by atoms with van der Waals surface area (Å²) >= 11 is 0. The van der Waals surface area contributed by atoms with Gasteiger partial charge in [-0.25, -0.2) is 0 Å². The third-order valence-electron chi connectivity index (χ3n) is 2.30. The highest BCUT2D eigenvalue weighted by Gasteiger charge is 2.07. The Morgan fingerprint density at radius 1 is 1.36 bits per heavy atom. The molecule has 0 aromatic heterocycles. The number of aliphatic hydroxyl groups is 1. The van der Waals surface area contributed by atoms with Crippen LogP contribution in [0.2, 0.25) is 0 Å². The zero-order valence-corrected chi connectivity index (χ0v) is 7.93. The van der Waals surface area contributed by atoms with E-state index in [0.29, 0.717) is 12.6 Å². The number of rotatable bonds is 6. The number of aliphatic hydroxyl groups excluding tert-OH is 1. The van der Waals surface area contributed by atoms with Crippen molar-refractivity contribution in [3.8, 4) is 0 Å². The minimum absolute atomic E-state index is 0.292. The van der Waals surface area contributed by atoms with E-state index in [2.05, 4.69) is 26.1 Å². The van der Waals surface area contributed by atoms with Crippen molar-refractivity contribution in [2.45, 2.75) is 39.7 Å². The summed E-state index contributed by atoms with van der Waals surface area (Å²) in [4.78, 5) is 0. The molecular formula is C9H21NO. The van der Waals surface area contributed by atoms with Gasteiger partial charge < -0.3 is 10.4 Å². The maximum atomic E-state index is 8.53. The molecule has 0 aliphatic heterocycles. The Balaban J connectivity index is 3.28. The molecule has 0 rings (SSSR count). The van der Waals surface area contributed by atoms with Gasteiger partial charge in [-0.2, -0.15) is 0 Å². The highest BCUT2D eigenvalue weighted by molar-refractivity contribution is 4.66. The molecule has 0 fully saturated rings. The first-order valence-corrected chi connectivity index (χ1v) is 4.56. The second-order valence-corrected chi connectivity index (χ2v) is 3.21. The lowest BCUT2D eigenvalue weighted by Gasteiger charge is -2.19. The first kappa shape index (κ1) is 10.9. The van der Waals surface area contributed by atoms with Crippen LogP contribution < -0.4 is 5.32 Å². The van der Waals surface area contributed by atoms with Crippen molar-refractivity contribution in [1.82, 2.24) is 5.32 Å². The molecule has 0 unspecified atom stereocenters. The molecule has 2 nitrogen and oxygen atoms in total. The molecule has 2 atom stereocenters. The van der Waals surface area contributed by atoms with Gasteiger partial charge in [-0.1, -0.05) is 20.3 Å². The molecule has 0 aromatic rings. The summed E-state index contributed by atoms with van der Waals surface area (Å²) < 4.78 is 0. The number of hydrogen-bond donors (Lipinski definition) is 2. The van der Waals surface area contributed by atoms with Crippen molar-refractivity contribution in [2.75, 3.05) is 13.2 Å². The lowest BCUT2D eigenvalue weighted by molar-refractivity contribution is 0.278. The Hall–Kier alpha value is -0.0800. The summed E-state index contributed by atoms with van der Waals surface area (Å²) in [5.41, 5.74) is 0. The summed E-state index contributed by atoms with van der Waals surface area (Å²) in [5.74, 6) is 0.730. The second-order valence-electron chi connectivity index (χ2n) is 3.21. The Kier molecular flexibility index (Phi) is 6.57. The minimum Gasteiger partial charge on any atom is -0.396 e. The minimum atomic E-state index is 0.292. The molecular weight excluding hydrogens is 138 g/mol. The van der Waals surface area contributed by atoms with Crippen LogP contribution in [0.1, 0.15) is 33.6 Å². The SMILES string of the molecule is CC[C@@H](C)[C@@H](C)NCCCO. The van der Waals surface area contributed by atoms with Gasteiger partial charge in [0.05, 0.1) is 0 Å². The molecule has 2 heteroatoms. The molecule has 2 N–H and O–H groups in total. The van der Waals surface area contributed by atoms with Gasteiger partial charge >= 0.3 is 0 Å². The largest absolute Gasteiger partial charge is 0.396 e. The summed E-state index contributed by atoms with van der Waals surface area (Å²) in [7, 11) is 0. The first-order chi connectivity index (χ1) is 5.22. The molecule has 0 aliphatic carbocycles. The van der Waals surface area contributed by atoms with E-state index in [-0.39, 0.29) is 0 Å². The fraction of sp³-hybridized carbons (Fsp3) is 1.00. The van der Waals surface area contributed by atoms with Crippen molar-refractivity contribution >= 4 is 0 Å². The highest BCUT2D eigenvalue weighted by Crippen LogP contribution is 2.05. The van der Waals surface area contributed by atoms with Gasteiger partial charge in [0.25, 0.3) is 0 Å². The van der Waals surface area contributed by atoms with Crippen molar-refractivity contribution in [3.05, 3.63) is 0 Å². The molecule has 0 bridgehead atoms. The van der Waals surface area contributed by atoms with E-state index in [1.807, 2.05) is 0 Å². The summed E-state index contributed by atoms with van der Waals surface area (Å²) in [6, 6.07) is 0.576. The van der Waals surface area contributed by atoms with Gasteiger partial charge in [0.15, 0.2) is 0 Å². The topological polar surface area (TPSA) is 32.3 Å². The predicted molar refractivity (Wildman–Crippen MR) is 48.6 cm³/mol. The van der Waals surface area contributed by atoms with Gasteiger partial charge in [-0.05, 0) is 25.8 Å². The normalized spacial score (nSPS) is 16.4. The van der Waals surface area contributed by atoms with Crippen LogP contribution in [0.15, 0.2) is 0 Å². The van der Waals surface area contributed by atoms with E-state index in [1.54, 1.807) is 0 Å². The highest BCUT2D eigenvalue weighted by atomic mass is 16.3. The maximum absolute atomic E-state index is 8.53. The zero-order valence-electron chi connectivity index (χ0n) is 7.93. The smallest absolute Gasteiger partial charge is 0.0443 e. The first-order valence-electron chi connectivity index (χ1n) is 4.56. The van der Waals surface area contributed by atoms with Crippen LogP contribution in [-0.2, 0) is 0 Å². The Morgan fingerprint density at radius 2 is 2.00 bits per heavy atom. The standard InChI is InChI=1S/C9H21NO/c1-4-8(2)9(3)10-6-5-7-11/h8-11H,4-7H2,1-3H3/t8-,9-/m1/s1. The fourth-order valence-electron chi connectivity index (χ4n) is 0.964. The lowest BCUT2D eigenvalue weighted by atomic mass is 10.0. The van der Waals surface area contributed by atoms with Crippen LogP contribution in [0.25, 0.3) is 0 Å². The van der Waals surface area contributed by atoms with Crippen LogP contribution in [0.5, 0.6) is 0 Å². The van der Waals surface area contributed by atoms with Gasteiger partial charge in [0, 0.05) is 12.6 Å². The third kappa shape index (κ3) is 5.22. The van der Waals surface area contributed by atoms with Crippen molar-refractivity contribution in [2.24, 2.45) is 5.92 Å². The monoisotopic (exact) mass is 159 g/mol. The molecule has 11 heavy (non-hydrogen) atoms. The van der Waals surface area contributed by atoms with Gasteiger partial charge in [0.2, 0.25) is 0 Å². The molecule has 0 heterocycles. The van der Waals surface area contributed by atoms with Crippen molar-refractivity contribution in [3.63, 3.8) is 0 Å². The van der Waals surface area contributed by atoms with E-state index in [9.17, 15) is 0 Å². The van der Waals surface area contributed by atoms with Crippen LogP contribution >= 0.6 is 0 Å². The van der Waals surface area contributed by atoms with E-state index in [0.717, 1.165) is 18.9 Å². The van der Waals surface area contributed by atoms with E-state index < -0.39 is 0 Å². The predicted octanol–water partition coefficient (Wildman–Crippen LogP) is 1.39. The lowest BCUT2D eigenvalue weighted by Crippen LogP contribution is -2.32. The van der Waals surface area contributed by atoms with Crippen LogP contribution in [-0.4, -0.2) is 24.3 Å². The van der Waals surface area contributed by atoms with E-state index in [4.69, 9.17) is 5.11 Å². The Morgan fingerprint density at radius 3 is 2.45 bits per heavy atom. The van der Waals surface area contributed by atoms with Crippen molar-refractivity contribution < 1.29 is 5.11 Å². The molecule has 0 saturated carbocycles. The van der Waals surface area contributed by atoms with Gasteiger partial charge in [-0.15, -0.1) is 0 Å². The quantitative estimate of drug-likeness (QED) is 0.574. The zero-order chi connectivity index (χ0) is 8.69. The Bertz CT molecular complexity index is 85.6. The second kappa shape index (κ2) is 6.62. The van der Waals surface area contributed by atoms with E-state index in [1.165, 1.54) is 6.42 Å². The number of nitrogens with one attached hydrogen (secondary N) is 1. The summed E-state index contributed by atoms with van der Waals surface area (Å²) in [6.07, 6.45) is 2.08. The molecule has 0 spiro atoms. The molecule has 0 amide bonds. The van der Waals surface area contributed by atoms with Gasteiger partial charge in [0.1, 0.15) is 0 Å². The van der Waals surface area contributed by atoms with Crippen LogP contribution in [0.4, 0.5) is 0 Å². The molecule has 0 radical (unpaired) electrons. The van der Waals surface area contributed by atoms with Crippen LogP contribution in [0, 0.1) is 5.92 Å². The Labute approximate surface area is 70.0 Å². The molecule has 68 valence electrons. The molecule has 0 saturated heterocycles. The van der Waals surface area contributed by atoms with E-state index >= 15 is 0 Å².